The van der Waals surface area contributed by atoms with Gasteiger partial charge >= 0.3 is 35.8 Å². The Bertz CT molecular complexity index is 697. The first-order chi connectivity index (χ1) is 16.2. The largest absolute Gasteiger partial charge is 0.460 e. The minimum atomic E-state index is -7.82. The lowest BCUT2D eigenvalue weighted by atomic mass is 9.68. The predicted molar refractivity (Wildman–Crippen MR) is 106 cm³/mol. The number of hydrogen-bond donors (Lipinski definition) is 0. The second kappa shape index (κ2) is 10.7. The molecular weight excluding hydrogens is 523 g/mol. The van der Waals surface area contributed by atoms with Crippen LogP contribution in [-0.2, 0) is 0 Å². The van der Waals surface area contributed by atoms with Gasteiger partial charge in [-0.25, -0.2) is 0 Å². The third-order valence-corrected chi connectivity index (χ3v) is 8.01. The van der Waals surface area contributed by atoms with Crippen molar-refractivity contribution in [3.63, 3.8) is 0 Å². The van der Waals surface area contributed by atoms with Crippen LogP contribution in [0, 0.1) is 23.7 Å². The Hall–Kier alpha value is -0.910. The summed E-state index contributed by atoms with van der Waals surface area (Å²) >= 11 is 0. The van der Waals surface area contributed by atoms with E-state index in [-0.39, 0.29) is 0 Å². The van der Waals surface area contributed by atoms with E-state index in [1.807, 2.05) is 0 Å². The van der Waals surface area contributed by atoms with Gasteiger partial charge in [0.15, 0.2) is 0 Å². The molecule has 0 aromatic rings. The zero-order valence-corrected chi connectivity index (χ0v) is 19.7. The molecule has 0 atom stereocenters. The highest BCUT2D eigenvalue weighted by Crippen LogP contribution is 2.61. The van der Waals surface area contributed by atoms with Crippen LogP contribution in [0.15, 0.2) is 0 Å². The van der Waals surface area contributed by atoms with Crippen molar-refractivity contribution in [2.45, 2.75) is 120 Å². The highest BCUT2D eigenvalue weighted by Gasteiger charge is 2.90. The summed E-state index contributed by atoms with van der Waals surface area (Å²) in [5, 5.41) is 0. The molecule has 0 nitrogen and oxygen atoms in total. The molecule has 214 valence electrons. The third kappa shape index (κ3) is 5.73. The van der Waals surface area contributed by atoms with Crippen LogP contribution in [0.3, 0.4) is 0 Å². The Balaban J connectivity index is 1.98. The Kier molecular flexibility index (Phi) is 9.30. The smallest absolute Gasteiger partial charge is 0.200 e. The van der Waals surface area contributed by atoms with Crippen LogP contribution in [0.25, 0.3) is 0 Å². The van der Waals surface area contributed by atoms with E-state index in [2.05, 4.69) is 6.92 Å². The van der Waals surface area contributed by atoms with Crippen LogP contribution in [0.5, 0.6) is 0 Å². The SMILES string of the molecule is CCC[C@H]1CC[C@H](C2CCC(CCC(F)(F)C(F)(F)C(F)(F)C(F)(F)C(F)(F)C(F)(F)F)CC2)CC1. The summed E-state index contributed by atoms with van der Waals surface area (Å²) in [5.41, 5.74) is 0. The Morgan fingerprint density at radius 3 is 1.19 bits per heavy atom. The first-order valence-electron chi connectivity index (χ1n) is 12.2. The van der Waals surface area contributed by atoms with Crippen molar-refractivity contribution in [1.82, 2.24) is 0 Å². The number of hydrogen-bond acceptors (Lipinski definition) is 0. The van der Waals surface area contributed by atoms with Crippen LogP contribution in [0.4, 0.5) is 57.1 Å². The summed E-state index contributed by atoms with van der Waals surface area (Å²) in [5.74, 6) is -35.5. The van der Waals surface area contributed by atoms with Crippen molar-refractivity contribution >= 4 is 0 Å². The van der Waals surface area contributed by atoms with Gasteiger partial charge in [0.2, 0.25) is 0 Å². The molecule has 2 fully saturated rings. The van der Waals surface area contributed by atoms with E-state index in [1.165, 1.54) is 0 Å². The van der Waals surface area contributed by atoms with Crippen molar-refractivity contribution in [2.75, 3.05) is 0 Å². The van der Waals surface area contributed by atoms with E-state index < -0.39 is 54.5 Å². The van der Waals surface area contributed by atoms with Gasteiger partial charge in [0.05, 0.1) is 0 Å². The molecule has 0 aliphatic heterocycles. The molecule has 2 saturated carbocycles. The second-order valence-corrected chi connectivity index (χ2v) is 10.4. The molecule has 0 N–H and O–H groups in total. The fourth-order valence-electron chi connectivity index (χ4n) is 5.65. The molecule has 0 aromatic carbocycles. The van der Waals surface area contributed by atoms with E-state index in [0.717, 1.165) is 38.5 Å². The normalized spacial score (nSPS) is 27.8. The van der Waals surface area contributed by atoms with Gasteiger partial charge in [0.1, 0.15) is 0 Å². The van der Waals surface area contributed by atoms with Crippen LogP contribution >= 0.6 is 0 Å². The Labute approximate surface area is 201 Å². The monoisotopic (exact) mass is 554 g/mol. The first-order valence-corrected chi connectivity index (χ1v) is 12.2. The zero-order chi connectivity index (χ0) is 27.8. The molecule has 13 heteroatoms. The minimum absolute atomic E-state index is 0.304. The average molecular weight is 554 g/mol. The van der Waals surface area contributed by atoms with Gasteiger partial charge in [0, 0.05) is 6.42 Å². The fraction of sp³-hybridized carbons (Fsp3) is 1.00. The quantitative estimate of drug-likeness (QED) is 0.236. The summed E-state index contributed by atoms with van der Waals surface area (Å²) in [6.45, 7) is 2.11. The summed E-state index contributed by atoms with van der Waals surface area (Å²) in [4.78, 5) is 0. The highest BCUT2D eigenvalue weighted by atomic mass is 19.4. The lowest BCUT2D eigenvalue weighted by molar-refractivity contribution is -0.440. The molecule has 0 heterocycles. The van der Waals surface area contributed by atoms with Crippen molar-refractivity contribution in [3.05, 3.63) is 0 Å². The summed E-state index contributed by atoms with van der Waals surface area (Å²) in [7, 11) is 0. The molecule has 0 saturated heterocycles. The van der Waals surface area contributed by atoms with Crippen LogP contribution in [0.1, 0.15) is 84.0 Å². The second-order valence-electron chi connectivity index (χ2n) is 10.4. The molecular formula is C23H31F13. The van der Waals surface area contributed by atoms with Gasteiger partial charge < -0.3 is 0 Å². The number of rotatable bonds is 10. The molecule has 0 aromatic heterocycles. The lowest BCUT2D eigenvalue weighted by Crippen LogP contribution is -2.70. The Morgan fingerprint density at radius 1 is 0.472 bits per heavy atom. The van der Waals surface area contributed by atoms with Crippen molar-refractivity contribution in [3.8, 4) is 0 Å². The van der Waals surface area contributed by atoms with E-state index in [0.29, 0.717) is 43.4 Å². The van der Waals surface area contributed by atoms with E-state index in [1.54, 1.807) is 0 Å². The predicted octanol–water partition coefficient (Wildman–Crippen LogP) is 9.92. The standard InChI is InChI=1S/C23H31F13/c1-2-3-14-4-8-16(9-5-14)17-10-6-15(7-11-17)12-13-18(24,25)19(26,27)20(28,29)21(30,31)22(32,33)23(34,35)36/h14-17H,2-13H2,1H3/t14-,15?,16-,17?. The van der Waals surface area contributed by atoms with E-state index in [4.69, 9.17) is 0 Å². The van der Waals surface area contributed by atoms with Crippen molar-refractivity contribution in [1.29, 1.82) is 0 Å². The minimum Gasteiger partial charge on any atom is -0.200 e. The van der Waals surface area contributed by atoms with Gasteiger partial charge in [-0.1, -0.05) is 45.4 Å². The first kappa shape index (κ1) is 31.3. The van der Waals surface area contributed by atoms with Gasteiger partial charge in [-0.15, -0.1) is 0 Å². The van der Waals surface area contributed by atoms with Crippen LogP contribution < -0.4 is 0 Å². The molecule has 2 aliphatic carbocycles. The van der Waals surface area contributed by atoms with Crippen molar-refractivity contribution in [2.24, 2.45) is 23.7 Å². The molecule has 0 radical (unpaired) electrons. The van der Waals surface area contributed by atoms with Gasteiger partial charge in [0.25, 0.3) is 0 Å². The molecule has 2 rings (SSSR count). The third-order valence-electron chi connectivity index (χ3n) is 8.01. The summed E-state index contributed by atoms with van der Waals surface area (Å²) in [6.07, 6.45) is -1.90. The number of alkyl halides is 13. The summed E-state index contributed by atoms with van der Waals surface area (Å²) in [6, 6.07) is 0. The topological polar surface area (TPSA) is 0 Å². The molecule has 0 bridgehead atoms. The molecule has 0 spiro atoms. The van der Waals surface area contributed by atoms with E-state index >= 15 is 0 Å². The maximum absolute atomic E-state index is 14.0. The molecule has 0 amide bonds. The van der Waals surface area contributed by atoms with Crippen LogP contribution in [-0.4, -0.2) is 35.8 Å². The Morgan fingerprint density at radius 2 is 0.833 bits per heavy atom. The van der Waals surface area contributed by atoms with Gasteiger partial charge in [-0.2, -0.15) is 57.1 Å². The molecule has 2 aliphatic rings. The average Bonchev–Trinajstić information content (AvgIpc) is 2.77. The maximum atomic E-state index is 14.0. The van der Waals surface area contributed by atoms with Crippen LogP contribution in [0.2, 0.25) is 0 Å². The summed E-state index contributed by atoms with van der Waals surface area (Å²) < 4.78 is 172. The van der Waals surface area contributed by atoms with Gasteiger partial charge in [-0.05, 0) is 55.8 Å². The lowest BCUT2D eigenvalue weighted by Gasteiger charge is -2.40. The maximum Gasteiger partial charge on any atom is 0.460 e. The molecule has 0 unspecified atom stereocenters. The zero-order valence-electron chi connectivity index (χ0n) is 19.7. The van der Waals surface area contributed by atoms with Gasteiger partial charge in [-0.3, -0.25) is 0 Å². The highest BCUT2D eigenvalue weighted by molar-refractivity contribution is 5.10. The van der Waals surface area contributed by atoms with E-state index in [9.17, 15) is 57.1 Å². The molecule has 36 heavy (non-hydrogen) atoms. The fourth-order valence-corrected chi connectivity index (χ4v) is 5.65. The number of halogens is 13. The van der Waals surface area contributed by atoms with Crippen molar-refractivity contribution < 1.29 is 57.1 Å².